The second kappa shape index (κ2) is 9.54. The Morgan fingerprint density at radius 1 is 1.11 bits per heavy atom. The summed E-state index contributed by atoms with van der Waals surface area (Å²) >= 11 is 0. The van der Waals surface area contributed by atoms with Crippen LogP contribution >= 0.6 is 0 Å². The zero-order chi connectivity index (χ0) is 26.1. The first-order chi connectivity index (χ1) is 16.9. The van der Waals surface area contributed by atoms with Crippen LogP contribution in [0.5, 0.6) is 11.6 Å². The Balaban J connectivity index is 1.54. The Labute approximate surface area is 201 Å². The highest BCUT2D eigenvalue weighted by Gasteiger charge is 2.30. The van der Waals surface area contributed by atoms with Crippen molar-refractivity contribution in [2.75, 3.05) is 11.6 Å². The van der Waals surface area contributed by atoms with Crippen LogP contribution < -0.4 is 10.1 Å². The molecule has 36 heavy (non-hydrogen) atoms. The number of carbonyl (C=O) groups is 1. The SMILES string of the molecule is CS(=O)(=O)OCc1cc(Oc2ccc3c(ccn3C(=O)Nc3cccc(C(F)(F)F)c3)c2F)ncn1. The van der Waals surface area contributed by atoms with Crippen molar-refractivity contribution in [3.05, 3.63) is 78.1 Å². The van der Waals surface area contributed by atoms with E-state index in [0.29, 0.717) is 0 Å². The molecule has 0 spiro atoms. The molecule has 0 bridgehead atoms. The molecular weight excluding hydrogens is 508 g/mol. The molecule has 0 saturated heterocycles. The van der Waals surface area contributed by atoms with E-state index < -0.39 is 33.7 Å². The highest BCUT2D eigenvalue weighted by atomic mass is 32.2. The van der Waals surface area contributed by atoms with E-state index in [9.17, 15) is 26.4 Å². The third-order valence-corrected chi connectivity index (χ3v) is 5.31. The zero-order valence-corrected chi connectivity index (χ0v) is 19.1. The number of aromatic nitrogens is 3. The molecule has 2 aromatic carbocycles. The normalized spacial score (nSPS) is 12.0. The van der Waals surface area contributed by atoms with E-state index in [1.807, 2.05) is 0 Å². The summed E-state index contributed by atoms with van der Waals surface area (Å²) in [7, 11) is -3.70. The molecule has 0 aliphatic heterocycles. The van der Waals surface area contributed by atoms with Gasteiger partial charge in [0, 0.05) is 23.3 Å². The monoisotopic (exact) mass is 524 g/mol. The van der Waals surface area contributed by atoms with Gasteiger partial charge in [0.15, 0.2) is 11.6 Å². The van der Waals surface area contributed by atoms with Crippen molar-refractivity contribution >= 4 is 32.7 Å². The number of halogens is 4. The number of rotatable bonds is 6. The molecule has 1 amide bonds. The van der Waals surface area contributed by atoms with E-state index in [2.05, 4.69) is 19.5 Å². The van der Waals surface area contributed by atoms with E-state index >= 15 is 4.39 Å². The van der Waals surface area contributed by atoms with Gasteiger partial charge in [-0.05, 0) is 36.4 Å². The molecule has 0 aliphatic carbocycles. The van der Waals surface area contributed by atoms with Crippen molar-refractivity contribution in [3.8, 4) is 11.6 Å². The van der Waals surface area contributed by atoms with Crippen LogP contribution in [0.25, 0.3) is 10.9 Å². The van der Waals surface area contributed by atoms with Crippen LogP contribution in [0.3, 0.4) is 0 Å². The molecular formula is C22H16F4N4O5S. The van der Waals surface area contributed by atoms with Gasteiger partial charge in [-0.15, -0.1) is 0 Å². The number of nitrogens with zero attached hydrogens (tertiary/aromatic N) is 3. The predicted octanol–water partition coefficient (Wildman–Crippen LogP) is 4.94. The molecule has 0 unspecified atom stereocenters. The predicted molar refractivity (Wildman–Crippen MR) is 119 cm³/mol. The average Bonchev–Trinajstić information content (AvgIpc) is 3.24. The zero-order valence-electron chi connectivity index (χ0n) is 18.3. The molecule has 0 fully saturated rings. The van der Waals surface area contributed by atoms with Crippen LogP contribution in [0.2, 0.25) is 0 Å². The van der Waals surface area contributed by atoms with Crippen LogP contribution in [-0.2, 0) is 27.1 Å². The minimum absolute atomic E-state index is 0.00128. The van der Waals surface area contributed by atoms with E-state index in [1.54, 1.807) is 0 Å². The van der Waals surface area contributed by atoms with Crippen molar-refractivity contribution in [2.24, 2.45) is 0 Å². The first kappa shape index (κ1) is 25.1. The van der Waals surface area contributed by atoms with Gasteiger partial charge in [-0.1, -0.05) is 6.07 Å². The molecule has 4 aromatic rings. The van der Waals surface area contributed by atoms with Crippen LogP contribution in [0.4, 0.5) is 28.0 Å². The summed E-state index contributed by atoms with van der Waals surface area (Å²) in [4.78, 5) is 20.4. The largest absolute Gasteiger partial charge is 0.436 e. The maximum atomic E-state index is 15.1. The lowest BCUT2D eigenvalue weighted by atomic mass is 10.2. The maximum absolute atomic E-state index is 15.1. The standard InChI is InChI=1S/C22H16F4N4O5S/c1-36(32,33)34-11-15-10-19(28-12-27-15)35-18-6-5-17-16(20(18)23)7-8-30(17)21(31)29-14-4-2-3-13(9-14)22(24,25)26/h2-10,12H,11H2,1H3,(H,29,31). The van der Waals surface area contributed by atoms with Crippen LogP contribution in [0.15, 0.2) is 61.1 Å². The van der Waals surface area contributed by atoms with E-state index in [-0.39, 0.29) is 40.5 Å². The second-order valence-corrected chi connectivity index (χ2v) is 9.06. The van der Waals surface area contributed by atoms with Gasteiger partial charge in [0.1, 0.15) is 12.9 Å². The topological polar surface area (TPSA) is 112 Å². The summed E-state index contributed by atoms with van der Waals surface area (Å²) in [6, 6.07) is 8.49. The Bertz CT molecular complexity index is 1550. The second-order valence-electron chi connectivity index (χ2n) is 7.42. The van der Waals surface area contributed by atoms with Crippen molar-refractivity contribution in [1.29, 1.82) is 0 Å². The van der Waals surface area contributed by atoms with E-state index in [1.165, 1.54) is 36.5 Å². The van der Waals surface area contributed by atoms with Gasteiger partial charge in [0.2, 0.25) is 5.88 Å². The van der Waals surface area contributed by atoms with Crippen molar-refractivity contribution in [1.82, 2.24) is 14.5 Å². The molecule has 4 rings (SSSR count). The molecule has 0 saturated carbocycles. The quantitative estimate of drug-likeness (QED) is 0.281. The lowest BCUT2D eigenvalue weighted by molar-refractivity contribution is -0.137. The summed E-state index contributed by atoms with van der Waals surface area (Å²) < 4.78 is 87.3. The third kappa shape index (κ3) is 5.78. The number of amides is 1. The average molecular weight is 524 g/mol. The van der Waals surface area contributed by atoms with Crippen molar-refractivity contribution in [2.45, 2.75) is 12.8 Å². The molecule has 1 N–H and O–H groups in total. The van der Waals surface area contributed by atoms with Crippen molar-refractivity contribution < 1.29 is 39.7 Å². The Morgan fingerprint density at radius 2 is 1.89 bits per heavy atom. The summed E-state index contributed by atoms with van der Waals surface area (Å²) in [5, 5.41) is 2.35. The van der Waals surface area contributed by atoms with E-state index in [0.717, 1.165) is 35.3 Å². The van der Waals surface area contributed by atoms with Crippen LogP contribution in [0.1, 0.15) is 11.3 Å². The molecule has 188 valence electrons. The maximum Gasteiger partial charge on any atom is 0.416 e. The van der Waals surface area contributed by atoms with Gasteiger partial charge in [-0.25, -0.2) is 19.2 Å². The van der Waals surface area contributed by atoms with Gasteiger partial charge in [0.25, 0.3) is 10.1 Å². The first-order valence-corrected chi connectivity index (χ1v) is 11.8. The fraction of sp³-hybridized carbons (Fsp3) is 0.136. The molecule has 0 atom stereocenters. The van der Waals surface area contributed by atoms with Crippen molar-refractivity contribution in [3.63, 3.8) is 0 Å². The highest BCUT2D eigenvalue weighted by Crippen LogP contribution is 2.32. The first-order valence-electron chi connectivity index (χ1n) is 10.0. The Kier molecular flexibility index (Phi) is 6.65. The summed E-state index contributed by atoms with van der Waals surface area (Å²) in [5.41, 5.74) is -0.712. The highest BCUT2D eigenvalue weighted by molar-refractivity contribution is 7.85. The number of ether oxygens (including phenoxy) is 1. The third-order valence-electron chi connectivity index (χ3n) is 4.77. The summed E-state index contributed by atoms with van der Waals surface area (Å²) in [5.74, 6) is -1.16. The molecule has 14 heteroatoms. The van der Waals surface area contributed by atoms with Gasteiger partial charge in [0.05, 0.1) is 23.0 Å². The molecule has 9 nitrogen and oxygen atoms in total. The number of benzene rings is 2. The number of hydrogen-bond acceptors (Lipinski definition) is 7. The lowest BCUT2D eigenvalue weighted by Gasteiger charge is -2.11. The minimum atomic E-state index is -4.58. The molecule has 2 heterocycles. The molecule has 0 aliphatic rings. The van der Waals surface area contributed by atoms with Gasteiger partial charge in [-0.3, -0.25) is 8.75 Å². The van der Waals surface area contributed by atoms with Gasteiger partial charge < -0.3 is 10.1 Å². The summed E-state index contributed by atoms with van der Waals surface area (Å²) in [6.07, 6.45) is -1.36. The molecule has 2 aromatic heterocycles. The number of fused-ring (bicyclic) bond motifs is 1. The Morgan fingerprint density at radius 3 is 2.61 bits per heavy atom. The minimum Gasteiger partial charge on any atom is -0.436 e. The Hall–Kier alpha value is -4.04. The fourth-order valence-electron chi connectivity index (χ4n) is 3.17. The van der Waals surface area contributed by atoms with Crippen LogP contribution in [0, 0.1) is 5.82 Å². The van der Waals surface area contributed by atoms with Gasteiger partial charge >= 0.3 is 12.2 Å². The number of carbonyl (C=O) groups excluding carboxylic acids is 1. The summed E-state index contributed by atoms with van der Waals surface area (Å²) in [6.45, 7) is -0.372. The smallest absolute Gasteiger partial charge is 0.416 e. The van der Waals surface area contributed by atoms with E-state index in [4.69, 9.17) is 4.74 Å². The number of hydrogen-bond donors (Lipinski definition) is 1. The van der Waals surface area contributed by atoms with Gasteiger partial charge in [-0.2, -0.15) is 21.6 Å². The number of alkyl halides is 3. The number of nitrogens with one attached hydrogen (secondary N) is 1. The van der Waals surface area contributed by atoms with Crippen LogP contribution in [-0.4, -0.2) is 35.2 Å². The number of anilines is 1. The lowest BCUT2D eigenvalue weighted by Crippen LogP contribution is -2.19. The fourth-order valence-corrected chi connectivity index (χ4v) is 3.50. The molecule has 0 radical (unpaired) electrons.